The van der Waals surface area contributed by atoms with Crippen LogP contribution in [0.5, 0.6) is 17.2 Å². The summed E-state index contributed by atoms with van der Waals surface area (Å²) in [5.74, 6) is -1.10. The predicted octanol–water partition coefficient (Wildman–Crippen LogP) is 3.87. The number of phenols is 1. The van der Waals surface area contributed by atoms with E-state index in [1.54, 1.807) is 30.3 Å². The third-order valence-corrected chi connectivity index (χ3v) is 6.44. The van der Waals surface area contributed by atoms with Crippen LogP contribution in [0.2, 0.25) is 0 Å². The SMILES string of the molecule is CCN(CC)CCCN1C(=O)C(=O)C(=C(O)c2cc(C)ccc2O)C1c1ccc(OC)c(OC)c1. The van der Waals surface area contributed by atoms with Gasteiger partial charge in [0.2, 0.25) is 0 Å². The zero-order chi connectivity index (χ0) is 25.7. The molecule has 1 aliphatic heterocycles. The van der Waals surface area contributed by atoms with Gasteiger partial charge in [0.05, 0.1) is 31.4 Å². The first-order valence-electron chi connectivity index (χ1n) is 11.8. The Labute approximate surface area is 206 Å². The number of ketones is 1. The Morgan fingerprint density at radius 2 is 1.71 bits per heavy atom. The Morgan fingerprint density at radius 3 is 2.34 bits per heavy atom. The molecule has 1 amide bonds. The van der Waals surface area contributed by atoms with Gasteiger partial charge in [-0.15, -0.1) is 0 Å². The second-order valence-electron chi connectivity index (χ2n) is 8.51. The molecule has 0 aliphatic carbocycles. The number of Topliss-reactive ketones (excluding diaryl/α,β-unsaturated/α-hetero) is 1. The first-order chi connectivity index (χ1) is 16.8. The first-order valence-corrected chi connectivity index (χ1v) is 11.8. The Morgan fingerprint density at radius 1 is 1.03 bits per heavy atom. The Bertz CT molecular complexity index is 1120. The van der Waals surface area contributed by atoms with Crippen LogP contribution in [0.25, 0.3) is 5.76 Å². The topological polar surface area (TPSA) is 99.5 Å². The lowest BCUT2D eigenvalue weighted by atomic mass is 9.94. The van der Waals surface area contributed by atoms with E-state index >= 15 is 0 Å². The number of carbonyl (C=O) groups excluding carboxylic acids is 2. The van der Waals surface area contributed by atoms with E-state index in [9.17, 15) is 19.8 Å². The summed E-state index contributed by atoms with van der Waals surface area (Å²) in [6, 6.07) is 9.05. The quantitative estimate of drug-likeness (QED) is 0.301. The van der Waals surface area contributed by atoms with Crippen LogP contribution in [0.1, 0.15) is 43.0 Å². The summed E-state index contributed by atoms with van der Waals surface area (Å²) >= 11 is 0. The van der Waals surface area contributed by atoms with E-state index < -0.39 is 23.5 Å². The third kappa shape index (κ3) is 5.27. The van der Waals surface area contributed by atoms with E-state index in [0.29, 0.717) is 30.0 Å². The fraction of sp³-hybridized carbons (Fsp3) is 0.407. The van der Waals surface area contributed by atoms with E-state index in [1.807, 2.05) is 6.92 Å². The highest BCUT2D eigenvalue weighted by atomic mass is 16.5. The maximum atomic E-state index is 13.2. The summed E-state index contributed by atoms with van der Waals surface area (Å²) < 4.78 is 10.8. The fourth-order valence-corrected chi connectivity index (χ4v) is 4.47. The zero-order valence-electron chi connectivity index (χ0n) is 21.0. The van der Waals surface area contributed by atoms with E-state index in [4.69, 9.17) is 9.47 Å². The molecule has 1 aliphatic rings. The number of rotatable bonds is 10. The molecular weight excluding hydrogens is 448 g/mol. The molecular formula is C27H34N2O6. The number of likely N-dealkylation sites (tertiary alicyclic amines) is 1. The van der Waals surface area contributed by atoms with Gasteiger partial charge < -0.3 is 29.5 Å². The summed E-state index contributed by atoms with van der Waals surface area (Å²) in [5.41, 5.74) is 1.43. The number of aryl methyl sites for hydroxylation is 1. The molecule has 0 aromatic heterocycles. The highest BCUT2D eigenvalue weighted by Crippen LogP contribution is 2.43. The molecule has 188 valence electrons. The standard InChI is InChI=1S/C27H34N2O6/c1-6-28(7-2)13-8-14-29-24(18-10-12-21(34-4)22(16-18)35-5)23(26(32)27(29)33)25(31)19-15-17(3)9-11-20(19)30/h9-12,15-16,24,30-31H,6-8,13-14H2,1-5H3. The number of aromatic hydroxyl groups is 1. The van der Waals surface area contributed by atoms with Gasteiger partial charge in [-0.05, 0) is 62.8 Å². The molecule has 0 bridgehead atoms. The number of nitrogens with zero attached hydrogens (tertiary/aromatic N) is 2. The molecule has 8 nitrogen and oxygen atoms in total. The number of benzene rings is 2. The van der Waals surface area contributed by atoms with Gasteiger partial charge in [0.1, 0.15) is 11.5 Å². The van der Waals surface area contributed by atoms with Crippen molar-refractivity contribution in [1.29, 1.82) is 0 Å². The lowest BCUT2D eigenvalue weighted by molar-refractivity contribution is -0.140. The van der Waals surface area contributed by atoms with Crippen LogP contribution in [0.3, 0.4) is 0 Å². The Balaban J connectivity index is 2.13. The van der Waals surface area contributed by atoms with Crippen LogP contribution < -0.4 is 9.47 Å². The minimum atomic E-state index is -0.841. The number of aliphatic hydroxyl groups excluding tert-OH is 1. The predicted molar refractivity (Wildman–Crippen MR) is 134 cm³/mol. The normalized spacial score (nSPS) is 17.3. The van der Waals surface area contributed by atoms with Crippen molar-refractivity contribution in [2.45, 2.75) is 33.2 Å². The van der Waals surface area contributed by atoms with Gasteiger partial charge >= 0.3 is 0 Å². The second kappa shape index (κ2) is 11.3. The molecule has 2 N–H and O–H groups in total. The summed E-state index contributed by atoms with van der Waals surface area (Å²) in [7, 11) is 3.03. The van der Waals surface area contributed by atoms with Gasteiger partial charge in [-0.25, -0.2) is 0 Å². The highest BCUT2D eigenvalue weighted by Gasteiger charge is 2.46. The molecule has 0 saturated carbocycles. The number of aliphatic hydroxyl groups is 1. The number of amides is 1. The molecule has 1 saturated heterocycles. The van der Waals surface area contributed by atoms with Crippen molar-refractivity contribution < 1.29 is 29.3 Å². The second-order valence-corrected chi connectivity index (χ2v) is 8.51. The van der Waals surface area contributed by atoms with Crippen molar-refractivity contribution in [3.05, 3.63) is 58.7 Å². The molecule has 8 heteroatoms. The minimum absolute atomic E-state index is 0.0639. The minimum Gasteiger partial charge on any atom is -0.507 e. The Hall–Kier alpha value is -3.52. The molecule has 0 radical (unpaired) electrons. The maximum Gasteiger partial charge on any atom is 0.295 e. The van der Waals surface area contributed by atoms with Crippen molar-refractivity contribution >= 4 is 17.4 Å². The molecule has 2 aromatic carbocycles. The molecule has 3 rings (SSSR count). The van der Waals surface area contributed by atoms with Crippen LogP contribution in [0.15, 0.2) is 42.0 Å². The average Bonchev–Trinajstić information content (AvgIpc) is 3.12. The number of carbonyl (C=O) groups is 2. The average molecular weight is 483 g/mol. The van der Waals surface area contributed by atoms with Crippen molar-refractivity contribution in [2.75, 3.05) is 40.4 Å². The van der Waals surface area contributed by atoms with Crippen LogP contribution in [-0.4, -0.2) is 72.1 Å². The number of methoxy groups -OCH3 is 2. The zero-order valence-corrected chi connectivity index (χ0v) is 21.0. The van der Waals surface area contributed by atoms with Crippen LogP contribution in [0.4, 0.5) is 0 Å². The number of hydrogen-bond acceptors (Lipinski definition) is 7. The lowest BCUT2D eigenvalue weighted by Crippen LogP contribution is -2.33. The van der Waals surface area contributed by atoms with Crippen LogP contribution in [-0.2, 0) is 9.59 Å². The van der Waals surface area contributed by atoms with Crippen molar-refractivity contribution in [3.8, 4) is 17.2 Å². The van der Waals surface area contributed by atoms with Gasteiger partial charge in [0.15, 0.2) is 11.5 Å². The molecule has 2 aromatic rings. The smallest absolute Gasteiger partial charge is 0.295 e. The number of phenolic OH excluding ortho intramolecular Hbond substituents is 1. The van der Waals surface area contributed by atoms with E-state index in [2.05, 4.69) is 18.7 Å². The molecule has 1 unspecified atom stereocenters. The number of ether oxygens (including phenoxy) is 2. The molecule has 0 spiro atoms. The van der Waals surface area contributed by atoms with Gasteiger partial charge in [-0.3, -0.25) is 9.59 Å². The van der Waals surface area contributed by atoms with Crippen molar-refractivity contribution in [1.82, 2.24) is 9.80 Å². The van der Waals surface area contributed by atoms with Gasteiger partial charge in [-0.1, -0.05) is 31.5 Å². The molecule has 1 heterocycles. The largest absolute Gasteiger partial charge is 0.507 e. The monoisotopic (exact) mass is 482 g/mol. The van der Waals surface area contributed by atoms with E-state index in [-0.39, 0.29) is 16.9 Å². The van der Waals surface area contributed by atoms with Crippen LogP contribution >= 0.6 is 0 Å². The molecule has 1 atom stereocenters. The van der Waals surface area contributed by atoms with Crippen LogP contribution in [0, 0.1) is 6.92 Å². The van der Waals surface area contributed by atoms with Gasteiger partial charge in [0, 0.05) is 6.54 Å². The summed E-state index contributed by atoms with van der Waals surface area (Å²) in [5, 5.41) is 21.6. The number of hydrogen-bond donors (Lipinski definition) is 2. The summed E-state index contributed by atoms with van der Waals surface area (Å²) in [6.45, 7) is 8.85. The van der Waals surface area contributed by atoms with E-state index in [1.165, 1.54) is 25.2 Å². The third-order valence-electron chi connectivity index (χ3n) is 6.44. The van der Waals surface area contributed by atoms with Crippen molar-refractivity contribution in [2.24, 2.45) is 0 Å². The highest BCUT2D eigenvalue weighted by molar-refractivity contribution is 6.46. The Kier molecular flexibility index (Phi) is 8.40. The van der Waals surface area contributed by atoms with Gasteiger partial charge in [-0.2, -0.15) is 0 Å². The van der Waals surface area contributed by atoms with Gasteiger partial charge in [0.25, 0.3) is 11.7 Å². The lowest BCUT2D eigenvalue weighted by Gasteiger charge is -2.27. The van der Waals surface area contributed by atoms with E-state index in [0.717, 1.165) is 25.2 Å². The molecule has 35 heavy (non-hydrogen) atoms. The maximum absolute atomic E-state index is 13.2. The summed E-state index contributed by atoms with van der Waals surface area (Å²) in [6.07, 6.45) is 0.661. The van der Waals surface area contributed by atoms with Crippen molar-refractivity contribution in [3.63, 3.8) is 0 Å². The first kappa shape index (κ1) is 26.1. The fourth-order valence-electron chi connectivity index (χ4n) is 4.47. The molecule has 1 fully saturated rings. The summed E-state index contributed by atoms with van der Waals surface area (Å²) in [4.78, 5) is 30.2.